The van der Waals surface area contributed by atoms with Crippen LogP contribution in [0.1, 0.15) is 17.9 Å². The predicted octanol–water partition coefficient (Wildman–Crippen LogP) is 4.10. The van der Waals surface area contributed by atoms with Gasteiger partial charge in [-0.3, -0.25) is 19.7 Å². The van der Waals surface area contributed by atoms with Crippen molar-refractivity contribution in [3.05, 3.63) is 68.2 Å². The van der Waals surface area contributed by atoms with Crippen molar-refractivity contribution in [2.45, 2.75) is 12.3 Å². The number of carboxylic acids is 1. The number of carboxylic acid groups (broad SMARTS) is 1. The van der Waals surface area contributed by atoms with Crippen LogP contribution in [0, 0.1) is 10.1 Å². The summed E-state index contributed by atoms with van der Waals surface area (Å²) in [6, 6.07) is 9.51. The average Bonchev–Trinajstić information content (AvgIpc) is 2.55. The van der Waals surface area contributed by atoms with E-state index in [1.807, 2.05) is 0 Å². The second-order valence-electron chi connectivity index (χ2n) is 5.12. The molecule has 2 aromatic carbocycles. The maximum Gasteiger partial charge on any atom is 0.311 e. The molecule has 0 aromatic heterocycles. The minimum absolute atomic E-state index is 0.162. The van der Waals surface area contributed by atoms with Crippen LogP contribution in [-0.2, 0) is 9.59 Å². The van der Waals surface area contributed by atoms with Gasteiger partial charge in [0.1, 0.15) is 0 Å². The van der Waals surface area contributed by atoms with Crippen molar-refractivity contribution < 1.29 is 19.6 Å². The third-order valence-electron chi connectivity index (χ3n) is 3.40. The Bertz CT molecular complexity index is 824. The lowest BCUT2D eigenvalue weighted by Crippen LogP contribution is -2.21. The van der Waals surface area contributed by atoms with Gasteiger partial charge in [-0.15, -0.1) is 0 Å². The number of amides is 1. The monoisotopic (exact) mass is 382 g/mol. The van der Waals surface area contributed by atoms with Gasteiger partial charge < -0.3 is 10.4 Å². The van der Waals surface area contributed by atoms with Crippen molar-refractivity contribution in [1.29, 1.82) is 0 Å². The van der Waals surface area contributed by atoms with Crippen LogP contribution in [-0.4, -0.2) is 21.9 Å². The van der Waals surface area contributed by atoms with E-state index < -0.39 is 22.7 Å². The van der Waals surface area contributed by atoms with Gasteiger partial charge in [0.2, 0.25) is 5.91 Å². The van der Waals surface area contributed by atoms with Gasteiger partial charge in [0.05, 0.1) is 21.6 Å². The summed E-state index contributed by atoms with van der Waals surface area (Å²) in [7, 11) is 0. The maximum absolute atomic E-state index is 12.1. The predicted molar refractivity (Wildman–Crippen MR) is 93.2 cm³/mol. The van der Waals surface area contributed by atoms with Gasteiger partial charge in [0, 0.05) is 23.6 Å². The molecule has 1 amide bonds. The number of nitro groups is 1. The number of nitrogens with zero attached hydrogens (tertiary/aromatic N) is 1. The lowest BCUT2D eigenvalue weighted by Gasteiger charge is -2.13. The van der Waals surface area contributed by atoms with Crippen LogP contribution in [0.5, 0.6) is 0 Å². The second kappa shape index (κ2) is 7.96. The Hall–Kier alpha value is -2.64. The van der Waals surface area contributed by atoms with Crippen LogP contribution >= 0.6 is 23.2 Å². The molecule has 0 aliphatic heterocycles. The van der Waals surface area contributed by atoms with Crippen LogP contribution in [0.4, 0.5) is 11.4 Å². The van der Waals surface area contributed by atoms with Crippen molar-refractivity contribution in [2.75, 3.05) is 5.32 Å². The average molecular weight is 383 g/mol. The Kier molecular flexibility index (Phi) is 5.95. The fourth-order valence-electron chi connectivity index (χ4n) is 2.15. The first-order chi connectivity index (χ1) is 11.8. The largest absolute Gasteiger partial charge is 0.481 e. The molecule has 0 aliphatic carbocycles. The number of hydrogen-bond donors (Lipinski definition) is 2. The Morgan fingerprint density at radius 2 is 1.80 bits per heavy atom. The van der Waals surface area contributed by atoms with Crippen LogP contribution in [0.2, 0.25) is 10.0 Å². The third kappa shape index (κ3) is 4.91. The minimum Gasteiger partial charge on any atom is -0.481 e. The lowest BCUT2D eigenvalue weighted by atomic mass is 9.95. The molecule has 1 atom stereocenters. The number of non-ortho nitro benzene ring substituents is 1. The molecule has 0 saturated carbocycles. The first kappa shape index (κ1) is 18.7. The number of aliphatic carboxylic acids is 1. The summed E-state index contributed by atoms with van der Waals surface area (Å²) in [5.41, 5.74) is 0.435. The Balaban J connectivity index is 2.14. The molecule has 0 spiro atoms. The summed E-state index contributed by atoms with van der Waals surface area (Å²) in [5, 5.41) is 23.2. The molecule has 0 saturated heterocycles. The fraction of sp³-hybridized carbons (Fsp3) is 0.125. The quantitative estimate of drug-likeness (QED) is 0.577. The second-order valence-corrected chi connectivity index (χ2v) is 5.96. The Morgan fingerprint density at radius 1 is 1.16 bits per heavy atom. The van der Waals surface area contributed by atoms with Gasteiger partial charge in [-0.1, -0.05) is 35.3 Å². The third-order valence-corrected chi connectivity index (χ3v) is 3.95. The van der Waals surface area contributed by atoms with E-state index in [4.69, 9.17) is 23.2 Å². The molecule has 0 heterocycles. The van der Waals surface area contributed by atoms with Crippen LogP contribution in [0.3, 0.4) is 0 Å². The number of carbonyl (C=O) groups is 2. The fourth-order valence-corrected chi connectivity index (χ4v) is 2.61. The summed E-state index contributed by atoms with van der Waals surface area (Å²) >= 11 is 11.7. The molecule has 9 heteroatoms. The van der Waals surface area contributed by atoms with Crippen molar-refractivity contribution in [3.63, 3.8) is 0 Å². The molecule has 0 fully saturated rings. The van der Waals surface area contributed by atoms with E-state index in [2.05, 4.69) is 5.32 Å². The van der Waals surface area contributed by atoms with E-state index in [1.165, 1.54) is 42.5 Å². The molecule has 130 valence electrons. The highest BCUT2D eigenvalue weighted by molar-refractivity contribution is 6.36. The SMILES string of the molecule is O=C(CC(C(=O)O)c1ccc([N+](=O)[O-])cc1)Nc1ccc(Cl)cc1Cl. The Labute approximate surface area is 152 Å². The van der Waals surface area contributed by atoms with E-state index in [1.54, 1.807) is 0 Å². The van der Waals surface area contributed by atoms with Gasteiger partial charge in [-0.2, -0.15) is 0 Å². The van der Waals surface area contributed by atoms with E-state index in [0.29, 0.717) is 10.7 Å². The van der Waals surface area contributed by atoms with E-state index in [9.17, 15) is 24.8 Å². The zero-order chi connectivity index (χ0) is 18.6. The van der Waals surface area contributed by atoms with E-state index >= 15 is 0 Å². The summed E-state index contributed by atoms with van der Waals surface area (Å²) in [6.45, 7) is 0. The van der Waals surface area contributed by atoms with Gasteiger partial charge >= 0.3 is 5.97 Å². The number of anilines is 1. The van der Waals surface area contributed by atoms with E-state index in [0.717, 1.165) is 0 Å². The zero-order valence-corrected chi connectivity index (χ0v) is 14.1. The number of carbonyl (C=O) groups excluding carboxylic acids is 1. The molecule has 2 N–H and O–H groups in total. The Morgan fingerprint density at radius 3 is 2.32 bits per heavy atom. The van der Waals surface area contributed by atoms with Crippen LogP contribution < -0.4 is 5.32 Å². The number of nitrogens with one attached hydrogen (secondary N) is 1. The van der Waals surface area contributed by atoms with Gasteiger partial charge in [-0.25, -0.2) is 0 Å². The number of rotatable bonds is 6. The van der Waals surface area contributed by atoms with Gasteiger partial charge in [-0.05, 0) is 23.8 Å². The van der Waals surface area contributed by atoms with Gasteiger partial charge in [0.25, 0.3) is 5.69 Å². The molecule has 1 unspecified atom stereocenters. The number of halogens is 2. The standard InChI is InChI=1S/C16H12Cl2N2O5/c17-10-3-6-14(13(18)7-10)19-15(21)8-12(16(22)23)9-1-4-11(5-2-9)20(24)25/h1-7,12H,8H2,(H,19,21)(H,22,23). The highest BCUT2D eigenvalue weighted by Crippen LogP contribution is 2.27. The van der Waals surface area contributed by atoms with Crippen LogP contribution in [0.15, 0.2) is 42.5 Å². The summed E-state index contributed by atoms with van der Waals surface area (Å²) in [4.78, 5) is 33.7. The normalized spacial score (nSPS) is 11.6. The summed E-state index contributed by atoms with van der Waals surface area (Å²) in [6.07, 6.45) is -0.355. The van der Waals surface area contributed by atoms with Crippen molar-refractivity contribution in [1.82, 2.24) is 0 Å². The number of nitro benzene ring substituents is 1. The first-order valence-electron chi connectivity index (χ1n) is 7.00. The van der Waals surface area contributed by atoms with Crippen LogP contribution in [0.25, 0.3) is 0 Å². The smallest absolute Gasteiger partial charge is 0.311 e. The maximum atomic E-state index is 12.1. The van der Waals surface area contributed by atoms with E-state index in [-0.39, 0.29) is 22.7 Å². The molecule has 2 aromatic rings. The zero-order valence-electron chi connectivity index (χ0n) is 12.6. The summed E-state index contributed by atoms with van der Waals surface area (Å²) < 4.78 is 0. The van der Waals surface area contributed by atoms with Crippen molar-refractivity contribution in [2.24, 2.45) is 0 Å². The van der Waals surface area contributed by atoms with Crippen molar-refractivity contribution >= 4 is 46.5 Å². The molecule has 0 bridgehead atoms. The minimum atomic E-state index is -1.22. The summed E-state index contributed by atoms with van der Waals surface area (Å²) in [5.74, 6) is -2.92. The number of benzene rings is 2. The highest BCUT2D eigenvalue weighted by Gasteiger charge is 2.24. The molecular formula is C16H12Cl2N2O5. The molecule has 7 nitrogen and oxygen atoms in total. The lowest BCUT2D eigenvalue weighted by molar-refractivity contribution is -0.384. The van der Waals surface area contributed by atoms with Gasteiger partial charge in [0.15, 0.2) is 0 Å². The topological polar surface area (TPSA) is 110 Å². The molecule has 0 aliphatic rings. The first-order valence-corrected chi connectivity index (χ1v) is 7.75. The molecule has 25 heavy (non-hydrogen) atoms. The highest BCUT2D eigenvalue weighted by atomic mass is 35.5. The molecule has 0 radical (unpaired) electrons. The van der Waals surface area contributed by atoms with Crippen molar-refractivity contribution in [3.8, 4) is 0 Å². The molecular weight excluding hydrogens is 371 g/mol. The number of hydrogen-bond acceptors (Lipinski definition) is 4. The molecule has 2 rings (SSSR count).